The molecule has 0 atom stereocenters. The molecule has 0 fully saturated rings. The Kier molecular flexibility index (Phi) is 16.3. The third-order valence-corrected chi connectivity index (χ3v) is 15.0. The van der Waals surface area contributed by atoms with Gasteiger partial charge < -0.3 is 0 Å². The monoisotopic (exact) mass is 370 g/mol. The first-order valence-corrected chi connectivity index (χ1v) is 14.0. The molecule has 0 saturated heterocycles. The summed E-state index contributed by atoms with van der Waals surface area (Å²) in [5.41, 5.74) is 0. The van der Waals surface area contributed by atoms with Crippen LogP contribution in [0.25, 0.3) is 0 Å². The van der Waals surface area contributed by atoms with Crippen LogP contribution in [0.15, 0.2) is 0 Å². The molecule has 0 aliphatic carbocycles. The Balaban J connectivity index is 4.22. The summed E-state index contributed by atoms with van der Waals surface area (Å²) in [4.78, 5) is 0. The van der Waals surface area contributed by atoms with E-state index in [4.69, 9.17) is 3.22 Å². The van der Waals surface area contributed by atoms with Crippen molar-refractivity contribution in [3.63, 3.8) is 0 Å². The summed E-state index contributed by atoms with van der Waals surface area (Å²) in [6.07, 6.45) is 16.9. The maximum absolute atomic E-state index is 6.40. The van der Waals surface area contributed by atoms with E-state index in [1.807, 2.05) is 0 Å². The molecule has 0 unspecified atom stereocenters. The Morgan fingerprint density at radius 3 is 1.14 bits per heavy atom. The number of hydrogen-bond acceptors (Lipinski definition) is 1. The molecule has 0 aliphatic heterocycles. The molecule has 0 aromatic rings. The predicted octanol–water partition coefficient (Wildman–Crippen LogP) is 6.24. The van der Waals surface area contributed by atoms with Gasteiger partial charge in [-0.05, 0) is 0 Å². The summed E-state index contributed by atoms with van der Waals surface area (Å²) in [5.74, 6) is 0. The van der Waals surface area contributed by atoms with E-state index in [0.717, 1.165) is 0 Å². The average molecular weight is 371 g/mol. The zero-order valence-corrected chi connectivity index (χ0v) is 20.7. The van der Waals surface area contributed by atoms with Crippen LogP contribution >= 0.6 is 0 Å². The van der Waals surface area contributed by atoms with Gasteiger partial charge in [0.15, 0.2) is 0 Å². The fraction of sp³-hybridized carbons (Fsp3) is 1.00. The summed E-state index contributed by atoms with van der Waals surface area (Å²) >= 11 is 0.597. The Labute approximate surface area is 146 Å². The van der Waals surface area contributed by atoms with E-state index < -0.39 is 8.32 Å². The van der Waals surface area contributed by atoms with E-state index in [9.17, 15) is 0 Å². The third kappa shape index (κ3) is 12.0. The van der Waals surface area contributed by atoms with Crippen molar-refractivity contribution in [2.75, 3.05) is 0 Å². The molecule has 0 radical (unpaired) electrons. The topological polar surface area (TPSA) is 9.23 Å². The number of rotatable bonds is 16. The van der Waals surface area contributed by atoms with Crippen molar-refractivity contribution in [3.05, 3.63) is 0 Å². The summed E-state index contributed by atoms with van der Waals surface area (Å²) < 4.78 is 6.40. The molecule has 21 heavy (non-hydrogen) atoms. The van der Waals surface area contributed by atoms with Crippen molar-refractivity contribution in [3.8, 4) is 0 Å². The van der Waals surface area contributed by atoms with Crippen LogP contribution in [-0.4, -0.2) is 27.3 Å². The normalized spacial score (nSPS) is 12.0. The first kappa shape index (κ1) is 21.8. The first-order chi connectivity index (χ1) is 10.2. The van der Waals surface area contributed by atoms with Gasteiger partial charge in [-0.25, -0.2) is 0 Å². The Morgan fingerprint density at radius 1 is 0.571 bits per heavy atom. The molecule has 1 nitrogen and oxygen atoms in total. The molecule has 0 heterocycles. The number of unbranched alkanes of at least 4 members (excludes halogenated alkanes) is 9. The molecule has 0 bridgehead atoms. The molecular formula is C18H41GaOSi. The van der Waals surface area contributed by atoms with Crippen LogP contribution in [-0.2, 0) is 3.22 Å². The zero-order valence-electron chi connectivity index (χ0n) is 15.5. The van der Waals surface area contributed by atoms with Gasteiger partial charge in [0.2, 0.25) is 0 Å². The molecule has 126 valence electrons. The number of hydrogen-bond donors (Lipinski definition) is 0. The minimum atomic E-state index is -1.34. The van der Waals surface area contributed by atoms with Crippen LogP contribution in [0.4, 0.5) is 0 Å². The van der Waals surface area contributed by atoms with Gasteiger partial charge in [0, 0.05) is 0 Å². The Morgan fingerprint density at radius 2 is 0.905 bits per heavy atom. The van der Waals surface area contributed by atoms with Crippen LogP contribution in [0.1, 0.15) is 97.8 Å². The van der Waals surface area contributed by atoms with E-state index in [-0.39, 0.29) is 0 Å². The average Bonchev–Trinajstić information content (AvgIpc) is 2.51. The van der Waals surface area contributed by atoms with Gasteiger partial charge in [-0.2, -0.15) is 0 Å². The quantitative estimate of drug-likeness (QED) is 0.231. The molecule has 0 saturated carbocycles. The predicted molar refractivity (Wildman–Crippen MR) is 102 cm³/mol. The van der Waals surface area contributed by atoms with E-state index in [1.165, 1.54) is 95.2 Å². The van der Waals surface area contributed by atoms with Gasteiger partial charge in [-0.15, -0.1) is 0 Å². The summed E-state index contributed by atoms with van der Waals surface area (Å²) in [7, 11) is -1.34. The van der Waals surface area contributed by atoms with Gasteiger partial charge in [-0.3, -0.25) is 0 Å². The second-order valence-corrected chi connectivity index (χ2v) is 13.7. The maximum atomic E-state index is 6.40. The second-order valence-electron chi connectivity index (χ2n) is 6.82. The van der Waals surface area contributed by atoms with E-state index in [1.54, 1.807) is 0 Å². The van der Waals surface area contributed by atoms with Crippen LogP contribution in [0, 0.1) is 0 Å². The summed E-state index contributed by atoms with van der Waals surface area (Å²) in [5, 5.41) is 0. The van der Waals surface area contributed by atoms with E-state index in [2.05, 4.69) is 20.8 Å². The summed E-state index contributed by atoms with van der Waals surface area (Å²) in [6.45, 7) is 6.93. The van der Waals surface area contributed by atoms with E-state index >= 15 is 0 Å². The molecule has 0 rings (SSSR count). The van der Waals surface area contributed by atoms with Crippen molar-refractivity contribution >= 4 is 27.3 Å². The third-order valence-electron chi connectivity index (χ3n) is 4.89. The van der Waals surface area contributed by atoms with Crippen LogP contribution < -0.4 is 0 Å². The van der Waals surface area contributed by atoms with E-state index in [0.29, 0.717) is 19.0 Å². The molecule has 0 amide bonds. The van der Waals surface area contributed by atoms with Gasteiger partial charge in [0.25, 0.3) is 0 Å². The van der Waals surface area contributed by atoms with Crippen molar-refractivity contribution < 1.29 is 3.22 Å². The molecular weight excluding hydrogens is 330 g/mol. The molecule has 0 aliphatic rings. The second kappa shape index (κ2) is 15.7. The molecule has 3 heteroatoms. The van der Waals surface area contributed by atoms with Crippen molar-refractivity contribution in [1.29, 1.82) is 0 Å². The SMILES string of the molecule is CCCCCC[Si](CCCCCC)(CCCCCC)[O][GaH2]. The van der Waals surface area contributed by atoms with Gasteiger partial charge in [0.05, 0.1) is 0 Å². The molecule has 0 aromatic carbocycles. The summed E-state index contributed by atoms with van der Waals surface area (Å²) in [6, 6.07) is 4.40. The minimum absolute atomic E-state index is 0.597. The first-order valence-electron chi connectivity index (χ1n) is 9.79. The van der Waals surface area contributed by atoms with Crippen molar-refractivity contribution in [2.45, 2.75) is 116 Å². The van der Waals surface area contributed by atoms with Gasteiger partial charge in [-0.1, -0.05) is 0 Å². The molecule has 0 spiro atoms. The Hall–Kier alpha value is 0.813. The van der Waals surface area contributed by atoms with Gasteiger partial charge >= 0.3 is 146 Å². The molecule has 0 aromatic heterocycles. The van der Waals surface area contributed by atoms with Crippen LogP contribution in [0.5, 0.6) is 0 Å². The fourth-order valence-corrected chi connectivity index (χ4v) is 11.2. The fourth-order valence-electron chi connectivity index (χ4n) is 3.30. The standard InChI is InChI=1S/C18H39OSi.Ga.2H/c1-4-7-10-13-16-20(19,17-14-11-8-5-2)18-15-12-9-6-3;;;/h4-18H2,1-3H3;;;/q-1;+1;;. The van der Waals surface area contributed by atoms with Crippen LogP contribution in [0.2, 0.25) is 18.1 Å². The van der Waals surface area contributed by atoms with Crippen molar-refractivity contribution in [1.82, 2.24) is 0 Å². The molecule has 0 N–H and O–H groups in total. The van der Waals surface area contributed by atoms with Gasteiger partial charge in [0.1, 0.15) is 0 Å². The van der Waals surface area contributed by atoms with Crippen LogP contribution in [0.3, 0.4) is 0 Å². The van der Waals surface area contributed by atoms with Crippen molar-refractivity contribution in [2.24, 2.45) is 0 Å². The Bertz CT molecular complexity index is 180. The zero-order chi connectivity index (χ0) is 15.8.